The van der Waals surface area contributed by atoms with Crippen molar-refractivity contribution < 1.29 is 23.9 Å². The van der Waals surface area contributed by atoms with Gasteiger partial charge in [-0.25, -0.2) is 4.79 Å². The van der Waals surface area contributed by atoms with Crippen LogP contribution < -0.4 is 10.6 Å². The van der Waals surface area contributed by atoms with Gasteiger partial charge in [-0.15, -0.1) is 0 Å². The molecule has 0 aliphatic rings. The molecule has 1 rings (SSSR count). The number of carbonyl (C=O) groups is 4. The Morgan fingerprint density at radius 2 is 1.32 bits per heavy atom. The largest absolute Gasteiger partial charge is 0.444 e. The lowest BCUT2D eigenvalue weighted by Gasteiger charge is -2.42. The second kappa shape index (κ2) is 20.5. The fourth-order valence-corrected chi connectivity index (χ4v) is 5.60. The van der Waals surface area contributed by atoms with Gasteiger partial charge in [0.2, 0.25) is 17.7 Å². The van der Waals surface area contributed by atoms with Gasteiger partial charge in [-0.3, -0.25) is 19.3 Å². The molecular weight excluding hydrogens is 628 g/mol. The molecule has 286 valence electrons. The zero-order chi connectivity index (χ0) is 39.2. The van der Waals surface area contributed by atoms with E-state index >= 15 is 0 Å². The predicted molar refractivity (Wildman–Crippen MR) is 207 cm³/mol. The van der Waals surface area contributed by atoms with E-state index in [2.05, 4.69) is 31.4 Å². The lowest BCUT2D eigenvalue weighted by atomic mass is 9.76. The van der Waals surface area contributed by atoms with E-state index in [1.165, 1.54) is 17.7 Å². The van der Waals surface area contributed by atoms with Crippen molar-refractivity contribution in [3.63, 3.8) is 0 Å². The van der Waals surface area contributed by atoms with Crippen LogP contribution in [0.2, 0.25) is 0 Å². The molecule has 0 spiro atoms. The van der Waals surface area contributed by atoms with Crippen LogP contribution in [0.3, 0.4) is 0 Å². The summed E-state index contributed by atoms with van der Waals surface area (Å²) in [7, 11) is 3.26. The number of nitrogens with zero attached hydrogens (tertiary/aromatic N) is 2. The predicted octanol–water partition coefficient (Wildman–Crippen LogP) is 8.27. The van der Waals surface area contributed by atoms with E-state index in [-0.39, 0.29) is 23.8 Å². The molecule has 0 aliphatic carbocycles. The molecule has 1 aromatic carbocycles. The standard InChI is InChI=1S/C37H62N4O5.C4H10/c1-16-20-26(5)38-31(42)25(4)23-28(24(2)3)40(14)33(44)29(35(6,7)8)39-32(43)30(41(15)34(45)46-36(9,10)11)37(12,13)27-21-18-17-19-22-27;1-3-4-2/h17-19,21-24,26,28-30H,16,20H2,1-15H3,(H,38,42)(H,39,43);3-4H2,1-2H3/b25-23+;/t26-,28+,29+,30+;/m0./s1. The molecule has 0 saturated heterocycles. The number of ether oxygens (including phenoxy) is 1. The number of unbranched alkanes of at least 4 members (excludes halogenated alkanes) is 1. The molecule has 0 bridgehead atoms. The first-order valence-corrected chi connectivity index (χ1v) is 18.4. The number of likely N-dealkylation sites (N-methyl/N-ethyl adjacent to an activating group) is 2. The van der Waals surface area contributed by atoms with Crippen LogP contribution in [0.4, 0.5) is 4.79 Å². The van der Waals surface area contributed by atoms with E-state index in [9.17, 15) is 19.2 Å². The highest BCUT2D eigenvalue weighted by atomic mass is 16.6. The molecule has 9 heteroatoms. The van der Waals surface area contributed by atoms with Gasteiger partial charge in [-0.05, 0) is 57.9 Å². The summed E-state index contributed by atoms with van der Waals surface area (Å²) in [5, 5.41) is 6.07. The first-order valence-electron chi connectivity index (χ1n) is 18.4. The summed E-state index contributed by atoms with van der Waals surface area (Å²) < 4.78 is 5.66. The molecule has 0 fully saturated rings. The summed E-state index contributed by atoms with van der Waals surface area (Å²) in [6, 6.07) is 7.23. The van der Waals surface area contributed by atoms with E-state index in [0.717, 1.165) is 18.4 Å². The summed E-state index contributed by atoms with van der Waals surface area (Å²) in [5.41, 5.74) is -0.912. The van der Waals surface area contributed by atoms with Crippen LogP contribution in [0.15, 0.2) is 42.0 Å². The van der Waals surface area contributed by atoms with Crippen molar-refractivity contribution in [3.8, 4) is 0 Å². The minimum Gasteiger partial charge on any atom is -0.444 e. The first-order chi connectivity index (χ1) is 22.9. The maximum absolute atomic E-state index is 14.4. The van der Waals surface area contributed by atoms with Gasteiger partial charge in [-0.1, -0.05) is 125 Å². The Hall–Kier alpha value is -3.36. The van der Waals surface area contributed by atoms with Gasteiger partial charge < -0.3 is 20.3 Å². The summed E-state index contributed by atoms with van der Waals surface area (Å²) >= 11 is 0. The molecule has 0 aromatic heterocycles. The quantitative estimate of drug-likeness (QED) is 0.190. The van der Waals surface area contributed by atoms with Gasteiger partial charge in [0.05, 0.1) is 6.04 Å². The van der Waals surface area contributed by atoms with Crippen LogP contribution in [-0.4, -0.2) is 77.5 Å². The van der Waals surface area contributed by atoms with Gasteiger partial charge >= 0.3 is 6.09 Å². The molecular formula is C41H72N4O5. The number of nitrogens with one attached hydrogen (secondary N) is 2. The molecule has 1 aromatic rings. The fraction of sp³-hybridized carbons (Fsp3) is 0.707. The maximum atomic E-state index is 14.4. The summed E-state index contributed by atoms with van der Waals surface area (Å²) in [6.45, 7) is 29.0. The molecule has 0 heterocycles. The molecule has 0 aliphatic heterocycles. The van der Waals surface area contributed by atoms with Crippen molar-refractivity contribution in [2.45, 2.75) is 165 Å². The molecule has 4 atom stereocenters. The van der Waals surface area contributed by atoms with Crippen molar-refractivity contribution in [1.29, 1.82) is 0 Å². The number of rotatable bonds is 14. The van der Waals surface area contributed by atoms with E-state index in [1.807, 2.05) is 91.8 Å². The number of hydrogen-bond donors (Lipinski definition) is 2. The summed E-state index contributed by atoms with van der Waals surface area (Å²) in [4.78, 5) is 57.9. The van der Waals surface area contributed by atoms with Crippen LogP contribution in [0, 0.1) is 11.3 Å². The normalized spacial score (nSPS) is 14.7. The van der Waals surface area contributed by atoms with E-state index < -0.39 is 46.6 Å². The third kappa shape index (κ3) is 14.9. The monoisotopic (exact) mass is 701 g/mol. The second-order valence-corrected chi connectivity index (χ2v) is 16.6. The second-order valence-electron chi connectivity index (χ2n) is 16.6. The Morgan fingerprint density at radius 1 is 0.800 bits per heavy atom. The third-order valence-corrected chi connectivity index (χ3v) is 8.77. The third-order valence-electron chi connectivity index (χ3n) is 8.77. The highest BCUT2D eigenvalue weighted by Gasteiger charge is 2.45. The number of hydrogen-bond acceptors (Lipinski definition) is 5. The van der Waals surface area contributed by atoms with Gasteiger partial charge in [-0.2, -0.15) is 0 Å². The molecule has 4 amide bonds. The number of carbonyl (C=O) groups excluding carboxylic acids is 4. The lowest BCUT2D eigenvalue weighted by Crippen LogP contribution is -2.63. The van der Waals surface area contributed by atoms with Crippen molar-refractivity contribution in [2.75, 3.05) is 14.1 Å². The molecule has 0 unspecified atom stereocenters. The van der Waals surface area contributed by atoms with Crippen LogP contribution in [0.1, 0.15) is 135 Å². The smallest absolute Gasteiger partial charge is 0.410 e. The van der Waals surface area contributed by atoms with E-state index in [4.69, 9.17) is 4.74 Å². The Morgan fingerprint density at radius 3 is 1.74 bits per heavy atom. The van der Waals surface area contributed by atoms with Crippen LogP contribution in [-0.2, 0) is 24.5 Å². The minimum absolute atomic E-state index is 0.0100. The topological polar surface area (TPSA) is 108 Å². The lowest BCUT2D eigenvalue weighted by molar-refractivity contribution is -0.141. The van der Waals surface area contributed by atoms with Crippen LogP contribution in [0.5, 0.6) is 0 Å². The average molecular weight is 701 g/mol. The Labute approximate surface area is 305 Å². The molecule has 50 heavy (non-hydrogen) atoms. The van der Waals surface area contributed by atoms with Gasteiger partial charge in [0, 0.05) is 31.1 Å². The number of benzene rings is 1. The minimum atomic E-state index is -1.01. The maximum Gasteiger partial charge on any atom is 0.410 e. The van der Waals surface area contributed by atoms with Gasteiger partial charge in [0.1, 0.15) is 17.7 Å². The summed E-state index contributed by atoms with van der Waals surface area (Å²) in [6.07, 6.45) is 5.67. The van der Waals surface area contributed by atoms with Crippen molar-refractivity contribution in [3.05, 3.63) is 47.5 Å². The van der Waals surface area contributed by atoms with E-state index in [0.29, 0.717) is 5.57 Å². The van der Waals surface area contributed by atoms with Gasteiger partial charge in [0.25, 0.3) is 0 Å². The van der Waals surface area contributed by atoms with Crippen LogP contribution >= 0.6 is 0 Å². The SMILES string of the molecule is CCCC.CCC[C@H](C)NC(=O)/C(C)=C/[C@H](C(C)C)N(C)C(=O)[C@@H](NC(=O)[C@@H](N(C)C(=O)OC(C)(C)C)C(C)(C)c1ccccc1)C(C)(C)C. The van der Waals surface area contributed by atoms with Crippen molar-refractivity contribution in [2.24, 2.45) is 11.3 Å². The Bertz CT molecular complexity index is 1240. The average Bonchev–Trinajstić information content (AvgIpc) is 3.00. The highest BCUT2D eigenvalue weighted by molar-refractivity contribution is 5.94. The molecule has 2 N–H and O–H groups in total. The highest BCUT2D eigenvalue weighted by Crippen LogP contribution is 2.32. The zero-order valence-electron chi connectivity index (χ0n) is 34.6. The van der Waals surface area contributed by atoms with Crippen molar-refractivity contribution >= 4 is 23.8 Å². The Balaban J connectivity index is 0.00000567. The van der Waals surface area contributed by atoms with Crippen molar-refractivity contribution in [1.82, 2.24) is 20.4 Å². The van der Waals surface area contributed by atoms with Gasteiger partial charge in [0.15, 0.2) is 0 Å². The Kier molecular flexibility index (Phi) is 19.1. The fourth-order valence-electron chi connectivity index (χ4n) is 5.60. The molecule has 0 saturated carbocycles. The molecule has 0 radical (unpaired) electrons. The van der Waals surface area contributed by atoms with E-state index in [1.54, 1.807) is 46.7 Å². The number of amides is 4. The summed E-state index contributed by atoms with van der Waals surface area (Å²) in [5.74, 6) is -0.936. The van der Waals surface area contributed by atoms with Crippen LogP contribution in [0.25, 0.3) is 0 Å². The zero-order valence-corrected chi connectivity index (χ0v) is 34.6. The first kappa shape index (κ1) is 46.6. The molecule has 9 nitrogen and oxygen atoms in total.